The van der Waals surface area contributed by atoms with Crippen LogP contribution in [-0.4, -0.2) is 62.5 Å². The van der Waals surface area contributed by atoms with Gasteiger partial charge < -0.3 is 38.6 Å². The molecule has 0 radical (unpaired) electrons. The molecule has 396 valence electrons. The van der Waals surface area contributed by atoms with Crippen LogP contribution in [-0.2, 0) is 19.2 Å². The average Bonchev–Trinajstić information content (AvgIpc) is 3.34. The minimum atomic E-state index is -1.20. The number of benzene rings is 8. The molecule has 0 aliphatic heterocycles. The zero-order valence-corrected chi connectivity index (χ0v) is 43.2. The van der Waals surface area contributed by atoms with Gasteiger partial charge in [-0.05, 0) is 141 Å². The first kappa shape index (κ1) is 52.7. The number of hydrogen-bond acceptors (Lipinski definition) is 11. The number of aliphatic carboxylic acids is 2. The lowest BCUT2D eigenvalue weighted by atomic mass is 9.52. The van der Waals surface area contributed by atoms with Crippen molar-refractivity contribution in [2.24, 2.45) is 23.7 Å². The van der Waals surface area contributed by atoms with Crippen LogP contribution in [0, 0.1) is 40.8 Å². The fourth-order valence-electron chi connectivity index (χ4n) is 11.7. The number of ether oxygens (including phenoxy) is 6. The van der Waals surface area contributed by atoms with Gasteiger partial charge in [-0.15, -0.1) is 0 Å². The lowest BCUT2D eigenvalue weighted by molar-refractivity contribution is -0.160. The molecular weight excluding hydrogens is 1010 g/mol. The summed E-state index contributed by atoms with van der Waals surface area (Å²) in [7, 11) is 5.87. The van der Waals surface area contributed by atoms with E-state index in [0.717, 1.165) is 11.1 Å². The second kappa shape index (κ2) is 22.5. The number of nitrogens with zero attached hydrogens (tertiary/aromatic N) is 1. The van der Waals surface area contributed by atoms with E-state index in [0.29, 0.717) is 73.1 Å². The van der Waals surface area contributed by atoms with Crippen LogP contribution in [0.5, 0.6) is 34.5 Å². The Balaban J connectivity index is 1.07. The second-order valence-corrected chi connectivity index (χ2v) is 19.4. The van der Waals surface area contributed by atoms with Gasteiger partial charge in [-0.2, -0.15) is 5.26 Å². The third-order valence-corrected chi connectivity index (χ3v) is 15.3. The van der Waals surface area contributed by atoms with E-state index in [1.165, 1.54) is 40.6 Å². The summed E-state index contributed by atoms with van der Waals surface area (Å²) in [6.07, 6.45) is 0. The Morgan fingerprint density at radius 3 is 1.28 bits per heavy atom. The third kappa shape index (κ3) is 10.1. The van der Waals surface area contributed by atoms with Crippen LogP contribution in [0.1, 0.15) is 51.5 Å². The summed E-state index contributed by atoms with van der Waals surface area (Å²) < 4.78 is 50.2. The molecule has 0 heterocycles. The molecule has 13 nitrogen and oxygen atoms in total. The van der Waals surface area contributed by atoms with Gasteiger partial charge in [0.15, 0.2) is 0 Å². The maximum absolute atomic E-state index is 15.1. The summed E-state index contributed by atoms with van der Waals surface area (Å²) in [5.74, 6) is -10.6. The third-order valence-electron chi connectivity index (χ3n) is 15.3. The van der Waals surface area contributed by atoms with Crippen LogP contribution in [0.2, 0.25) is 0 Å². The molecule has 2 N–H and O–H groups in total. The molecule has 0 saturated heterocycles. The number of carbonyl (C=O) groups excluding carboxylic acids is 2. The molecular formula is C65H52FNO12. The van der Waals surface area contributed by atoms with Gasteiger partial charge in [-0.3, -0.25) is 19.2 Å². The zero-order valence-electron chi connectivity index (χ0n) is 43.2. The predicted molar refractivity (Wildman–Crippen MR) is 291 cm³/mol. The van der Waals surface area contributed by atoms with Crippen molar-refractivity contribution in [2.75, 3.05) is 28.4 Å². The van der Waals surface area contributed by atoms with Crippen molar-refractivity contribution in [3.05, 3.63) is 216 Å². The van der Waals surface area contributed by atoms with Crippen molar-refractivity contribution in [3.63, 3.8) is 0 Å². The van der Waals surface area contributed by atoms with Crippen molar-refractivity contribution >= 4 is 23.9 Å². The van der Waals surface area contributed by atoms with Crippen molar-refractivity contribution in [1.29, 1.82) is 5.26 Å². The van der Waals surface area contributed by atoms with Crippen molar-refractivity contribution in [3.8, 4) is 73.9 Å². The van der Waals surface area contributed by atoms with Gasteiger partial charge in [0.1, 0.15) is 40.3 Å². The number of carboxylic acids is 2. The lowest BCUT2D eigenvalue weighted by Crippen LogP contribution is -2.52. The van der Waals surface area contributed by atoms with Crippen molar-refractivity contribution in [2.45, 2.75) is 23.7 Å². The highest BCUT2D eigenvalue weighted by Crippen LogP contribution is 2.62. The maximum atomic E-state index is 15.1. The molecule has 2 fully saturated rings. The topological polar surface area (TPSA) is 188 Å². The van der Waals surface area contributed by atoms with Gasteiger partial charge >= 0.3 is 23.9 Å². The Morgan fingerprint density at radius 1 is 0.405 bits per heavy atom. The van der Waals surface area contributed by atoms with Gasteiger partial charge in [0.2, 0.25) is 0 Å². The zero-order chi connectivity index (χ0) is 55.5. The Bertz CT molecular complexity index is 3610. The fraction of sp³-hybridized carbons (Fsp3) is 0.185. The van der Waals surface area contributed by atoms with Crippen LogP contribution in [0.25, 0.3) is 33.4 Å². The second-order valence-electron chi connectivity index (χ2n) is 19.4. The lowest BCUT2D eigenvalue weighted by Gasteiger charge is -2.49. The monoisotopic (exact) mass is 1060 g/mol. The van der Waals surface area contributed by atoms with Gasteiger partial charge in [0.05, 0.1) is 63.7 Å². The average molecular weight is 1060 g/mol. The fourth-order valence-corrected chi connectivity index (χ4v) is 11.7. The molecule has 0 aromatic heterocycles. The first-order valence-corrected chi connectivity index (χ1v) is 25.3. The van der Waals surface area contributed by atoms with Gasteiger partial charge in [-0.25, -0.2) is 4.39 Å². The highest BCUT2D eigenvalue weighted by molar-refractivity contribution is 5.89. The van der Waals surface area contributed by atoms with Crippen molar-refractivity contribution < 1.29 is 62.2 Å². The van der Waals surface area contributed by atoms with E-state index in [9.17, 15) is 34.2 Å². The van der Waals surface area contributed by atoms with Crippen LogP contribution < -0.4 is 28.4 Å². The first-order valence-electron chi connectivity index (χ1n) is 25.3. The molecule has 2 aliphatic carbocycles. The molecule has 2 aliphatic rings. The first-order chi connectivity index (χ1) is 38.3. The SMILES string of the molecule is COc1ccccc1C1C(C(=O)O)[C@H](c2cc(-c3cc(OC(=O)C4[C@@H](c5ccccc5OC)C(C(=O)O)[C@@H]4c4ccccc4OC)cc(-c4ccc(F)cc4)c3)ccc2OC)C1C(=O)Oc1cccc(-c2ccc(C#N)cc2)c1. The highest BCUT2D eigenvalue weighted by Gasteiger charge is 2.62. The quantitative estimate of drug-likeness (QED) is 0.0648. The summed E-state index contributed by atoms with van der Waals surface area (Å²) in [6, 6.07) is 52.9. The summed E-state index contributed by atoms with van der Waals surface area (Å²) in [5.41, 5.74) is 5.98. The van der Waals surface area contributed by atoms with Gasteiger partial charge in [0, 0.05) is 23.7 Å². The molecule has 14 heteroatoms. The Kier molecular flexibility index (Phi) is 15.0. The number of esters is 2. The van der Waals surface area contributed by atoms with E-state index >= 15 is 4.79 Å². The molecule has 79 heavy (non-hydrogen) atoms. The molecule has 8 aromatic carbocycles. The molecule has 0 bridgehead atoms. The van der Waals surface area contributed by atoms with Crippen LogP contribution >= 0.6 is 0 Å². The van der Waals surface area contributed by atoms with E-state index in [-0.39, 0.29) is 11.5 Å². The normalized spacial score (nSPS) is 20.0. The van der Waals surface area contributed by atoms with Crippen LogP contribution in [0.15, 0.2) is 182 Å². The van der Waals surface area contributed by atoms with E-state index in [4.69, 9.17) is 28.4 Å². The number of nitriles is 1. The van der Waals surface area contributed by atoms with Crippen LogP contribution in [0.4, 0.5) is 4.39 Å². The summed E-state index contributed by atoms with van der Waals surface area (Å²) in [4.78, 5) is 57.1. The minimum absolute atomic E-state index is 0.0727. The number of carboxylic acid groups (broad SMARTS) is 2. The summed E-state index contributed by atoms with van der Waals surface area (Å²) >= 11 is 0. The van der Waals surface area contributed by atoms with Gasteiger partial charge in [-0.1, -0.05) is 97.1 Å². The number of hydrogen-bond donors (Lipinski definition) is 2. The summed E-state index contributed by atoms with van der Waals surface area (Å²) in [6.45, 7) is 0. The molecule has 8 aromatic rings. The molecule has 3 unspecified atom stereocenters. The molecule has 0 spiro atoms. The van der Waals surface area contributed by atoms with E-state index < -0.39 is 77.0 Å². The Labute approximate surface area is 454 Å². The Morgan fingerprint density at radius 2 is 0.797 bits per heavy atom. The van der Waals surface area contributed by atoms with E-state index in [1.807, 2.05) is 12.1 Å². The molecule has 10 rings (SSSR count). The van der Waals surface area contributed by atoms with Crippen LogP contribution in [0.3, 0.4) is 0 Å². The minimum Gasteiger partial charge on any atom is -0.496 e. The number of rotatable bonds is 17. The number of halogens is 1. The van der Waals surface area contributed by atoms with Crippen molar-refractivity contribution in [1.82, 2.24) is 0 Å². The molecule has 0 amide bonds. The highest BCUT2D eigenvalue weighted by atomic mass is 19.1. The smallest absolute Gasteiger partial charge is 0.315 e. The molecule has 6 atom stereocenters. The van der Waals surface area contributed by atoms with Gasteiger partial charge in [0.25, 0.3) is 0 Å². The maximum Gasteiger partial charge on any atom is 0.315 e. The number of para-hydroxylation sites is 3. The van der Waals surface area contributed by atoms with E-state index in [1.54, 1.807) is 158 Å². The summed E-state index contributed by atoms with van der Waals surface area (Å²) in [5, 5.41) is 31.4. The Hall–Kier alpha value is -9.74. The van der Waals surface area contributed by atoms with E-state index in [2.05, 4.69) is 6.07 Å². The molecule has 2 saturated carbocycles. The number of carbonyl (C=O) groups is 4. The predicted octanol–water partition coefficient (Wildman–Crippen LogP) is 12.3. The largest absolute Gasteiger partial charge is 0.496 e. The standard InChI is InChI=1S/C65H52FNO12/c1-74-50-17-8-5-14-46(50)54-58(62(68)69)55(47-15-6-9-18-51(47)75-2)60(54)65(73)79-45-32-41(38-24-27-43(66)28-25-38)30-42(33-45)40-26-29-53(77-4)49(34-40)57-59(63(70)71)56(48-16-7-10-19-52(48)76-3)61(57)64(72)78-44-13-11-12-39(31-44)37-22-20-36(35-67)21-23-37/h5-34,54-61H,1-4H3,(H,68,69)(H,70,71)/t54-,55-,56?,57-,58?,59?,60?,61?/m0/s1. The number of methoxy groups -OCH3 is 4.